The molecule has 0 spiro atoms. The second-order valence-electron chi connectivity index (χ2n) is 6.20. The minimum atomic E-state index is 0. The van der Waals surface area contributed by atoms with E-state index in [4.69, 9.17) is 4.74 Å². The van der Waals surface area contributed by atoms with E-state index in [0.29, 0.717) is 0 Å². The third-order valence-electron chi connectivity index (χ3n) is 4.60. The minimum Gasteiger partial charge on any atom is -1.00 e. The van der Waals surface area contributed by atoms with Crippen LogP contribution in [0.4, 0.5) is 0 Å². The number of para-hydroxylation sites is 1. The summed E-state index contributed by atoms with van der Waals surface area (Å²) in [5, 5.41) is 3.66. The van der Waals surface area contributed by atoms with Gasteiger partial charge in [0.1, 0.15) is 12.8 Å². The average Bonchev–Trinajstić information content (AvgIpc) is 2.67. The average molecular weight is 453 g/mol. The van der Waals surface area contributed by atoms with Crippen LogP contribution < -0.4 is 33.3 Å². The number of aromatic nitrogens is 1. The lowest BCUT2D eigenvalue weighted by molar-refractivity contribution is -0.644. The SMILES string of the molecule is COc1ccc2cc(/C=C/c3cc[n+](C)c4ccccc34)ccc2c1.[I-]. The number of hydrogen-bond acceptors (Lipinski definition) is 1. The van der Waals surface area contributed by atoms with E-state index in [1.54, 1.807) is 7.11 Å². The van der Waals surface area contributed by atoms with Gasteiger partial charge in [-0.15, -0.1) is 0 Å². The van der Waals surface area contributed by atoms with Crippen LogP contribution in [0.3, 0.4) is 0 Å². The van der Waals surface area contributed by atoms with Crippen LogP contribution in [0.5, 0.6) is 5.75 Å². The summed E-state index contributed by atoms with van der Waals surface area (Å²) < 4.78 is 7.44. The Bertz CT molecular complexity index is 1100. The molecular weight excluding hydrogens is 433 g/mol. The first-order chi connectivity index (χ1) is 12.2. The highest BCUT2D eigenvalue weighted by Crippen LogP contribution is 2.23. The van der Waals surface area contributed by atoms with Crippen LogP contribution in [-0.4, -0.2) is 7.11 Å². The second-order valence-corrected chi connectivity index (χ2v) is 6.20. The van der Waals surface area contributed by atoms with Gasteiger partial charge in [0.15, 0.2) is 6.20 Å². The molecule has 0 unspecified atom stereocenters. The highest BCUT2D eigenvalue weighted by atomic mass is 127. The Labute approximate surface area is 170 Å². The summed E-state index contributed by atoms with van der Waals surface area (Å²) in [5.41, 5.74) is 3.65. The zero-order valence-corrected chi connectivity index (χ0v) is 17.0. The fourth-order valence-electron chi connectivity index (χ4n) is 3.19. The van der Waals surface area contributed by atoms with Gasteiger partial charge in [0, 0.05) is 12.1 Å². The lowest BCUT2D eigenvalue weighted by Crippen LogP contribution is -3.00. The van der Waals surface area contributed by atoms with Crippen molar-refractivity contribution in [2.24, 2.45) is 7.05 Å². The van der Waals surface area contributed by atoms with Crippen LogP contribution in [-0.2, 0) is 7.05 Å². The normalized spacial score (nSPS) is 11.0. The Kier molecular flexibility index (Phi) is 5.57. The monoisotopic (exact) mass is 453 g/mol. The number of benzene rings is 3. The van der Waals surface area contributed by atoms with Crippen molar-refractivity contribution >= 4 is 33.8 Å². The molecule has 0 radical (unpaired) electrons. The Morgan fingerprint density at radius 2 is 1.62 bits per heavy atom. The number of halogens is 1. The number of fused-ring (bicyclic) bond motifs is 2. The molecule has 130 valence electrons. The summed E-state index contributed by atoms with van der Waals surface area (Å²) in [7, 11) is 3.77. The summed E-state index contributed by atoms with van der Waals surface area (Å²) in [6, 6.07) is 23.3. The van der Waals surface area contributed by atoms with Crippen LogP contribution in [0.1, 0.15) is 11.1 Å². The molecule has 0 saturated carbocycles. The molecule has 0 aliphatic rings. The van der Waals surface area contributed by atoms with Crippen molar-refractivity contribution in [3.05, 3.63) is 84.1 Å². The first-order valence-corrected chi connectivity index (χ1v) is 8.38. The molecule has 2 nitrogen and oxygen atoms in total. The van der Waals surface area contributed by atoms with Gasteiger partial charge in [0.25, 0.3) is 0 Å². The van der Waals surface area contributed by atoms with Crippen LogP contribution in [0.15, 0.2) is 72.9 Å². The molecule has 1 heterocycles. The van der Waals surface area contributed by atoms with Gasteiger partial charge in [-0.05, 0) is 46.2 Å². The lowest BCUT2D eigenvalue weighted by Gasteiger charge is -2.04. The van der Waals surface area contributed by atoms with Crippen molar-refractivity contribution in [2.75, 3.05) is 7.11 Å². The van der Waals surface area contributed by atoms with E-state index in [0.717, 1.165) is 5.75 Å². The molecule has 0 aliphatic heterocycles. The van der Waals surface area contributed by atoms with Gasteiger partial charge in [-0.3, -0.25) is 0 Å². The Balaban J connectivity index is 0.00000196. The maximum absolute atomic E-state index is 5.29. The zero-order valence-electron chi connectivity index (χ0n) is 14.8. The minimum absolute atomic E-state index is 0. The van der Waals surface area contributed by atoms with E-state index in [1.807, 2.05) is 6.07 Å². The maximum Gasteiger partial charge on any atom is 0.212 e. The number of hydrogen-bond donors (Lipinski definition) is 0. The predicted octanol–water partition coefficient (Wildman–Crippen LogP) is 2.00. The van der Waals surface area contributed by atoms with Crippen molar-refractivity contribution in [2.45, 2.75) is 0 Å². The number of rotatable bonds is 3. The van der Waals surface area contributed by atoms with Crippen molar-refractivity contribution < 1.29 is 33.3 Å². The van der Waals surface area contributed by atoms with Gasteiger partial charge in [0.2, 0.25) is 5.52 Å². The highest BCUT2D eigenvalue weighted by Gasteiger charge is 2.06. The Morgan fingerprint density at radius 1 is 0.846 bits per heavy atom. The van der Waals surface area contributed by atoms with Crippen LogP contribution in [0, 0.1) is 0 Å². The van der Waals surface area contributed by atoms with Gasteiger partial charge < -0.3 is 28.7 Å². The van der Waals surface area contributed by atoms with E-state index >= 15 is 0 Å². The summed E-state index contributed by atoms with van der Waals surface area (Å²) in [4.78, 5) is 0. The second kappa shape index (κ2) is 7.87. The van der Waals surface area contributed by atoms with Gasteiger partial charge in [-0.25, -0.2) is 4.57 Å². The first-order valence-electron chi connectivity index (χ1n) is 8.38. The van der Waals surface area contributed by atoms with Crippen LogP contribution in [0.2, 0.25) is 0 Å². The zero-order chi connectivity index (χ0) is 17.2. The molecule has 3 aromatic carbocycles. The van der Waals surface area contributed by atoms with Crippen molar-refractivity contribution in [3.63, 3.8) is 0 Å². The standard InChI is InChI=1S/C23H20NO.HI/c1-24-14-13-18(22-5-3-4-6-23(22)24)9-7-17-8-10-20-16-21(25-2)12-11-19(20)15-17;/h3-16H,1-2H3;1H/q+1;/p-1/b9-7+;. The van der Waals surface area contributed by atoms with Gasteiger partial charge in [0.05, 0.1) is 12.5 Å². The first kappa shape index (κ1) is 18.4. The van der Waals surface area contributed by atoms with E-state index in [1.165, 1.54) is 32.8 Å². The predicted molar refractivity (Wildman–Crippen MR) is 105 cm³/mol. The van der Waals surface area contributed by atoms with Gasteiger partial charge in [-0.2, -0.15) is 0 Å². The molecular formula is C23H20INO. The molecule has 3 heteroatoms. The number of aryl methyl sites for hydroxylation is 1. The Morgan fingerprint density at radius 3 is 2.46 bits per heavy atom. The molecule has 0 amide bonds. The fourth-order valence-corrected chi connectivity index (χ4v) is 3.19. The maximum atomic E-state index is 5.29. The van der Waals surface area contributed by atoms with E-state index in [2.05, 4.69) is 90.6 Å². The summed E-state index contributed by atoms with van der Waals surface area (Å²) >= 11 is 0. The fraction of sp³-hybridized carbons (Fsp3) is 0.0870. The lowest BCUT2D eigenvalue weighted by atomic mass is 10.0. The quantitative estimate of drug-likeness (QED) is 0.342. The molecule has 4 rings (SSSR count). The molecule has 0 atom stereocenters. The van der Waals surface area contributed by atoms with E-state index < -0.39 is 0 Å². The largest absolute Gasteiger partial charge is 1.00 e. The smallest absolute Gasteiger partial charge is 0.212 e. The van der Waals surface area contributed by atoms with Crippen molar-refractivity contribution in [1.82, 2.24) is 0 Å². The molecule has 0 bridgehead atoms. The number of methoxy groups -OCH3 is 1. The van der Waals surface area contributed by atoms with Gasteiger partial charge in [-0.1, -0.05) is 42.5 Å². The molecule has 26 heavy (non-hydrogen) atoms. The van der Waals surface area contributed by atoms with Gasteiger partial charge >= 0.3 is 0 Å². The third kappa shape index (κ3) is 3.58. The molecule has 1 aromatic heterocycles. The number of nitrogens with zero attached hydrogens (tertiary/aromatic N) is 1. The van der Waals surface area contributed by atoms with Crippen molar-refractivity contribution in [1.29, 1.82) is 0 Å². The molecule has 0 aliphatic carbocycles. The highest BCUT2D eigenvalue weighted by molar-refractivity contribution is 5.91. The third-order valence-corrected chi connectivity index (χ3v) is 4.60. The summed E-state index contributed by atoms with van der Waals surface area (Å²) in [6.07, 6.45) is 6.47. The van der Waals surface area contributed by atoms with Crippen molar-refractivity contribution in [3.8, 4) is 5.75 Å². The number of pyridine rings is 1. The topological polar surface area (TPSA) is 13.1 Å². The molecule has 0 saturated heterocycles. The Hall–Kier alpha value is -2.40. The van der Waals surface area contributed by atoms with Crippen LogP contribution in [0.25, 0.3) is 33.8 Å². The number of ether oxygens (including phenoxy) is 1. The molecule has 0 N–H and O–H groups in total. The molecule has 0 fully saturated rings. The van der Waals surface area contributed by atoms with Crippen LogP contribution >= 0.6 is 0 Å². The van der Waals surface area contributed by atoms with E-state index in [-0.39, 0.29) is 24.0 Å². The molecule has 4 aromatic rings. The van der Waals surface area contributed by atoms with E-state index in [9.17, 15) is 0 Å². The summed E-state index contributed by atoms with van der Waals surface area (Å²) in [5.74, 6) is 0.888. The summed E-state index contributed by atoms with van der Waals surface area (Å²) in [6.45, 7) is 0.